The Morgan fingerprint density at radius 1 is 0.613 bits per heavy atom. The summed E-state index contributed by atoms with van der Waals surface area (Å²) in [7, 11) is 0. The second-order valence-electron chi connectivity index (χ2n) is 10.6. The van der Waals surface area contributed by atoms with Gasteiger partial charge in [0, 0.05) is 16.2 Å². The highest BCUT2D eigenvalue weighted by Gasteiger charge is 2.29. The number of rotatable bonds is 0. The van der Waals surface area contributed by atoms with Gasteiger partial charge in [-0.1, -0.05) is 27.4 Å². The van der Waals surface area contributed by atoms with E-state index in [2.05, 4.69) is 88.8 Å². The maximum absolute atomic E-state index is 6.91. The first-order valence-corrected chi connectivity index (χ1v) is 11.3. The molecule has 0 unspecified atom stereocenters. The average molecular weight is 413 g/mol. The molecule has 162 valence electrons. The first kappa shape index (κ1) is 21.7. The molecule has 0 aliphatic carbocycles. The largest absolute Gasteiger partial charge is 0.455 e. The Hall–Kier alpha value is -2.54. The van der Waals surface area contributed by atoms with E-state index < -0.39 is 0 Å². The summed E-state index contributed by atoms with van der Waals surface area (Å²) in [5, 5.41) is 4.92. The van der Waals surface area contributed by atoms with Crippen LogP contribution in [0, 0.1) is 55.4 Å². The van der Waals surface area contributed by atoms with Crippen molar-refractivity contribution in [2.75, 3.05) is 0 Å². The van der Waals surface area contributed by atoms with Gasteiger partial charge in [-0.05, 0) is 128 Å². The summed E-state index contributed by atoms with van der Waals surface area (Å²) in [5.41, 5.74) is 13.1. The van der Waals surface area contributed by atoms with E-state index in [0.717, 1.165) is 16.7 Å². The van der Waals surface area contributed by atoms with Crippen LogP contribution in [0.3, 0.4) is 0 Å². The Morgan fingerprint density at radius 3 is 1.77 bits per heavy atom. The molecule has 0 amide bonds. The summed E-state index contributed by atoms with van der Waals surface area (Å²) >= 11 is 0. The maximum Gasteiger partial charge on any atom is 0.143 e. The summed E-state index contributed by atoms with van der Waals surface area (Å²) < 4.78 is 6.91. The second-order valence-corrected chi connectivity index (χ2v) is 10.6. The van der Waals surface area contributed by atoms with E-state index in [1.54, 1.807) is 0 Å². The third kappa shape index (κ3) is 2.82. The molecule has 1 aliphatic rings. The molecule has 1 heterocycles. The Balaban J connectivity index is 2.25. The fourth-order valence-electron chi connectivity index (χ4n) is 5.78. The minimum atomic E-state index is 0.0642. The summed E-state index contributed by atoms with van der Waals surface area (Å²) in [6, 6.07) is 0. The van der Waals surface area contributed by atoms with E-state index in [9.17, 15) is 0 Å². The van der Waals surface area contributed by atoms with Crippen LogP contribution < -0.4 is 15.2 Å². The molecule has 31 heavy (non-hydrogen) atoms. The minimum absolute atomic E-state index is 0.0642. The van der Waals surface area contributed by atoms with Crippen LogP contribution in [-0.2, 0) is 5.41 Å². The van der Waals surface area contributed by atoms with Crippen LogP contribution in [0.2, 0.25) is 0 Å². The van der Waals surface area contributed by atoms with Gasteiger partial charge in [-0.2, -0.15) is 0 Å². The van der Waals surface area contributed by atoms with Gasteiger partial charge < -0.3 is 4.74 Å². The topological polar surface area (TPSA) is 9.23 Å². The van der Waals surface area contributed by atoms with E-state index in [-0.39, 0.29) is 5.41 Å². The van der Waals surface area contributed by atoms with Crippen LogP contribution >= 0.6 is 0 Å². The molecule has 0 saturated heterocycles. The van der Waals surface area contributed by atoms with Gasteiger partial charge >= 0.3 is 0 Å². The molecule has 0 aromatic heterocycles. The number of hydrogen-bond donors (Lipinski definition) is 0. The SMILES string of the molecule is C=c1c(C)c(C)c2c3c(c(C)c(C)c2c1C)=Cc1c(C)c(C)c(C(C)(C)C)c(C)c1O3. The number of fused-ring (bicyclic) bond motifs is 4. The fraction of sp³-hybridized carbons (Fsp3) is 0.400. The predicted octanol–water partition coefficient (Wildman–Crippen LogP) is 6.95. The molecule has 0 atom stereocenters. The first-order valence-electron chi connectivity index (χ1n) is 11.3. The van der Waals surface area contributed by atoms with Crippen LogP contribution in [0.5, 0.6) is 11.5 Å². The summed E-state index contributed by atoms with van der Waals surface area (Å²) in [6.07, 6.45) is 2.37. The zero-order chi connectivity index (χ0) is 23.2. The van der Waals surface area contributed by atoms with E-state index in [1.165, 1.54) is 71.6 Å². The van der Waals surface area contributed by atoms with E-state index in [0.29, 0.717) is 0 Å². The monoisotopic (exact) mass is 412 g/mol. The van der Waals surface area contributed by atoms with Gasteiger partial charge in [-0.15, -0.1) is 0 Å². The van der Waals surface area contributed by atoms with Gasteiger partial charge in [-0.25, -0.2) is 0 Å². The molecule has 0 radical (unpaired) electrons. The summed E-state index contributed by atoms with van der Waals surface area (Å²) in [6.45, 7) is 29.1. The molecule has 4 rings (SSSR count). The first-order chi connectivity index (χ1) is 14.3. The molecule has 3 aromatic carbocycles. The van der Waals surface area contributed by atoms with Crippen LogP contribution in [-0.4, -0.2) is 0 Å². The van der Waals surface area contributed by atoms with Crippen molar-refractivity contribution in [2.24, 2.45) is 0 Å². The third-order valence-corrected chi connectivity index (χ3v) is 7.83. The third-order valence-electron chi connectivity index (χ3n) is 7.83. The number of hydrogen-bond acceptors (Lipinski definition) is 1. The molecule has 0 N–H and O–H groups in total. The smallest absolute Gasteiger partial charge is 0.143 e. The molecule has 0 saturated carbocycles. The van der Waals surface area contributed by atoms with Crippen LogP contribution in [0.4, 0.5) is 0 Å². The van der Waals surface area contributed by atoms with E-state index in [4.69, 9.17) is 4.74 Å². The average Bonchev–Trinajstić information content (AvgIpc) is 2.69. The standard InChI is InChI=1S/C30H36O/c1-14-15(2)19(6)26-25(18(14)5)20(7)16(3)24-13-23-17(4)21(8)27(30(10,11)12)22(9)28(23)31-29(24)26/h13H,1H2,2-12H3. The van der Waals surface area contributed by atoms with Gasteiger partial charge in [0.2, 0.25) is 0 Å². The lowest BCUT2D eigenvalue weighted by atomic mass is 9.77. The quantitative estimate of drug-likeness (QED) is 0.304. The molecule has 0 spiro atoms. The molecule has 0 bridgehead atoms. The molecule has 3 aromatic rings. The van der Waals surface area contributed by atoms with Crippen molar-refractivity contribution in [1.82, 2.24) is 0 Å². The highest BCUT2D eigenvalue weighted by molar-refractivity contribution is 5.99. The Morgan fingerprint density at radius 2 is 1.19 bits per heavy atom. The summed E-state index contributed by atoms with van der Waals surface area (Å²) in [4.78, 5) is 0. The number of aryl methyl sites for hydroxylation is 3. The van der Waals surface area contributed by atoms with Crippen LogP contribution in [0.25, 0.3) is 23.4 Å². The fourth-order valence-corrected chi connectivity index (χ4v) is 5.78. The molecule has 0 fully saturated rings. The lowest BCUT2D eigenvalue weighted by Gasteiger charge is -2.31. The van der Waals surface area contributed by atoms with Crippen molar-refractivity contribution in [2.45, 2.75) is 81.6 Å². The minimum Gasteiger partial charge on any atom is -0.455 e. The lowest BCUT2D eigenvalue weighted by Crippen LogP contribution is -2.23. The van der Waals surface area contributed by atoms with Gasteiger partial charge in [0.05, 0.1) is 0 Å². The van der Waals surface area contributed by atoms with Gasteiger partial charge in [0.25, 0.3) is 0 Å². The molecular weight excluding hydrogens is 376 g/mol. The molecule has 1 aliphatic heterocycles. The van der Waals surface area contributed by atoms with Gasteiger partial charge in [0.1, 0.15) is 11.5 Å². The van der Waals surface area contributed by atoms with Gasteiger partial charge in [0.15, 0.2) is 0 Å². The lowest BCUT2D eigenvalue weighted by molar-refractivity contribution is 0.468. The van der Waals surface area contributed by atoms with Crippen molar-refractivity contribution < 1.29 is 4.74 Å². The summed E-state index contributed by atoms with van der Waals surface area (Å²) in [5.74, 6) is 2.04. The van der Waals surface area contributed by atoms with Crippen LogP contribution in [0.15, 0.2) is 0 Å². The number of benzene rings is 3. The van der Waals surface area contributed by atoms with Crippen molar-refractivity contribution in [3.05, 3.63) is 66.1 Å². The Kier molecular flexibility index (Phi) is 4.71. The zero-order valence-corrected chi connectivity index (χ0v) is 21.2. The highest BCUT2D eigenvalue weighted by atomic mass is 16.5. The number of ether oxygens (including phenoxy) is 1. The van der Waals surface area contributed by atoms with Crippen molar-refractivity contribution >= 4 is 23.4 Å². The van der Waals surface area contributed by atoms with Crippen LogP contribution in [0.1, 0.15) is 76.4 Å². The molecule has 1 heteroatoms. The van der Waals surface area contributed by atoms with E-state index in [1.807, 2.05) is 0 Å². The predicted molar refractivity (Wildman–Crippen MR) is 135 cm³/mol. The Labute approximate surface area is 187 Å². The maximum atomic E-state index is 6.91. The van der Waals surface area contributed by atoms with Crippen molar-refractivity contribution in [1.29, 1.82) is 0 Å². The second kappa shape index (κ2) is 6.73. The van der Waals surface area contributed by atoms with E-state index >= 15 is 0 Å². The highest BCUT2D eigenvalue weighted by Crippen LogP contribution is 2.45. The van der Waals surface area contributed by atoms with Crippen molar-refractivity contribution in [3.63, 3.8) is 0 Å². The molecule has 1 nitrogen and oxygen atoms in total. The Bertz CT molecular complexity index is 1410. The zero-order valence-electron chi connectivity index (χ0n) is 21.2. The molecular formula is C30H36O. The normalized spacial score (nSPS) is 13.0. The van der Waals surface area contributed by atoms with Crippen molar-refractivity contribution in [3.8, 4) is 11.5 Å². The van der Waals surface area contributed by atoms with Gasteiger partial charge in [-0.3, -0.25) is 0 Å².